The quantitative estimate of drug-likeness (QED) is 0.315. The van der Waals surface area contributed by atoms with E-state index in [2.05, 4.69) is 68.6 Å². The number of allylic oxidation sites excluding steroid dienone is 3. The standard InChI is InChI=1S/C19H19ClNP.C2H4/c1-13-6-5-11-21-19(13)18-9-7-17(8-10-18)16(4)22-15(3)12-14(2)20;1-2/h5-12,22H,3-4H2,1-2H3;1-2H2/b14-12+;. The summed E-state index contributed by atoms with van der Waals surface area (Å²) in [5.41, 5.74) is 4.44. The van der Waals surface area contributed by atoms with E-state index >= 15 is 0 Å². The van der Waals surface area contributed by atoms with Crippen molar-refractivity contribution in [3.8, 4) is 11.3 Å². The summed E-state index contributed by atoms with van der Waals surface area (Å²) in [6.45, 7) is 18.1. The summed E-state index contributed by atoms with van der Waals surface area (Å²) in [5, 5.41) is 2.79. The van der Waals surface area contributed by atoms with Crippen LogP contribution in [0.2, 0.25) is 0 Å². The molecule has 0 spiro atoms. The molecule has 1 unspecified atom stereocenters. The number of pyridine rings is 1. The van der Waals surface area contributed by atoms with Crippen LogP contribution in [0.3, 0.4) is 0 Å². The van der Waals surface area contributed by atoms with Gasteiger partial charge in [-0.05, 0) is 47.7 Å². The van der Waals surface area contributed by atoms with Gasteiger partial charge in [-0.2, -0.15) is 0 Å². The van der Waals surface area contributed by atoms with Gasteiger partial charge in [0.05, 0.1) is 5.69 Å². The van der Waals surface area contributed by atoms with Crippen molar-refractivity contribution in [1.29, 1.82) is 0 Å². The Bertz CT molecular complexity index is 741. The molecular formula is C21H23ClNP. The van der Waals surface area contributed by atoms with Crippen molar-refractivity contribution < 1.29 is 0 Å². The Hall–Kier alpha value is -1.95. The highest BCUT2D eigenvalue weighted by atomic mass is 35.5. The summed E-state index contributed by atoms with van der Waals surface area (Å²) >= 11 is 5.87. The maximum atomic E-state index is 5.87. The largest absolute Gasteiger partial charge is 0.256 e. The number of halogens is 1. The summed E-state index contributed by atoms with van der Waals surface area (Å²) in [7, 11) is 0.446. The van der Waals surface area contributed by atoms with Crippen LogP contribution in [-0.2, 0) is 0 Å². The molecule has 0 saturated carbocycles. The Morgan fingerprint density at radius 2 is 1.75 bits per heavy atom. The molecule has 1 heterocycles. The minimum absolute atomic E-state index is 0.446. The Balaban J connectivity index is 0.00000139. The normalized spacial score (nSPS) is 11.0. The zero-order valence-corrected chi connectivity index (χ0v) is 16.0. The Morgan fingerprint density at radius 1 is 1.12 bits per heavy atom. The first kappa shape index (κ1) is 20.1. The predicted octanol–water partition coefficient (Wildman–Crippen LogP) is 7.16. The Labute approximate surface area is 152 Å². The summed E-state index contributed by atoms with van der Waals surface area (Å²) in [4.78, 5) is 4.45. The number of rotatable bonds is 5. The van der Waals surface area contributed by atoms with Crippen molar-refractivity contribution in [2.45, 2.75) is 13.8 Å². The number of aromatic nitrogens is 1. The van der Waals surface area contributed by atoms with E-state index in [0.717, 1.165) is 32.5 Å². The van der Waals surface area contributed by atoms with E-state index in [-0.39, 0.29) is 0 Å². The molecule has 1 nitrogen and oxygen atoms in total. The molecule has 0 radical (unpaired) electrons. The van der Waals surface area contributed by atoms with E-state index in [1.807, 2.05) is 25.3 Å². The topological polar surface area (TPSA) is 12.9 Å². The van der Waals surface area contributed by atoms with Gasteiger partial charge >= 0.3 is 0 Å². The molecule has 0 N–H and O–H groups in total. The average molecular weight is 356 g/mol. The second-order valence-corrected chi connectivity index (χ2v) is 7.20. The number of aryl methyl sites for hydroxylation is 1. The summed E-state index contributed by atoms with van der Waals surface area (Å²) < 4.78 is 0. The lowest BCUT2D eigenvalue weighted by Gasteiger charge is -2.09. The van der Waals surface area contributed by atoms with Gasteiger partial charge in [0.25, 0.3) is 0 Å². The summed E-state index contributed by atoms with van der Waals surface area (Å²) in [6, 6.07) is 12.4. The smallest absolute Gasteiger partial charge is 0.0731 e. The minimum atomic E-state index is 0.446. The van der Waals surface area contributed by atoms with E-state index in [0.29, 0.717) is 8.58 Å². The minimum Gasteiger partial charge on any atom is -0.256 e. The van der Waals surface area contributed by atoms with Crippen molar-refractivity contribution in [3.63, 3.8) is 0 Å². The van der Waals surface area contributed by atoms with Crippen molar-refractivity contribution >= 4 is 25.5 Å². The fourth-order valence-electron chi connectivity index (χ4n) is 2.16. The van der Waals surface area contributed by atoms with Gasteiger partial charge in [-0.15, -0.1) is 13.2 Å². The van der Waals surface area contributed by atoms with Gasteiger partial charge in [-0.1, -0.05) is 63.7 Å². The van der Waals surface area contributed by atoms with Gasteiger partial charge in [-0.3, -0.25) is 4.98 Å². The van der Waals surface area contributed by atoms with Crippen molar-refractivity contribution in [3.05, 3.63) is 96.5 Å². The molecule has 0 aliphatic carbocycles. The highest BCUT2D eigenvalue weighted by Crippen LogP contribution is 2.39. The molecule has 1 atom stereocenters. The van der Waals surface area contributed by atoms with Crippen LogP contribution in [0.4, 0.5) is 0 Å². The Kier molecular flexibility index (Phi) is 8.40. The highest BCUT2D eigenvalue weighted by molar-refractivity contribution is 7.55. The second kappa shape index (κ2) is 10.0. The maximum Gasteiger partial charge on any atom is 0.0731 e. The molecule has 1 aromatic heterocycles. The molecular weight excluding hydrogens is 333 g/mol. The van der Waals surface area contributed by atoms with E-state index in [1.165, 1.54) is 5.56 Å². The van der Waals surface area contributed by atoms with E-state index < -0.39 is 0 Å². The molecule has 0 saturated heterocycles. The van der Waals surface area contributed by atoms with Crippen LogP contribution in [0.1, 0.15) is 18.1 Å². The van der Waals surface area contributed by atoms with Gasteiger partial charge in [-0.25, -0.2) is 0 Å². The lowest BCUT2D eigenvalue weighted by atomic mass is 10.1. The zero-order chi connectivity index (χ0) is 18.1. The first-order chi connectivity index (χ1) is 11.5. The van der Waals surface area contributed by atoms with Crippen LogP contribution in [0.25, 0.3) is 16.6 Å². The molecule has 2 aromatic rings. The molecule has 0 bridgehead atoms. The van der Waals surface area contributed by atoms with Crippen LogP contribution >= 0.6 is 20.2 Å². The molecule has 0 aliphatic heterocycles. The van der Waals surface area contributed by atoms with Crippen LogP contribution in [0, 0.1) is 6.92 Å². The summed E-state index contributed by atoms with van der Waals surface area (Å²) in [6.07, 6.45) is 3.71. The van der Waals surface area contributed by atoms with E-state index in [9.17, 15) is 0 Å². The lowest BCUT2D eigenvalue weighted by molar-refractivity contribution is 1.27. The molecule has 124 valence electrons. The van der Waals surface area contributed by atoms with Gasteiger partial charge < -0.3 is 0 Å². The first-order valence-electron chi connectivity index (χ1n) is 7.48. The van der Waals surface area contributed by atoms with Gasteiger partial charge in [0.2, 0.25) is 0 Å². The lowest BCUT2D eigenvalue weighted by Crippen LogP contribution is -1.87. The Morgan fingerprint density at radius 3 is 2.29 bits per heavy atom. The monoisotopic (exact) mass is 355 g/mol. The van der Waals surface area contributed by atoms with Crippen LogP contribution < -0.4 is 0 Å². The molecule has 1 aromatic carbocycles. The van der Waals surface area contributed by atoms with Crippen molar-refractivity contribution in [2.24, 2.45) is 0 Å². The fraction of sp³-hybridized carbons (Fsp3) is 0.0952. The molecule has 3 heteroatoms. The van der Waals surface area contributed by atoms with Crippen LogP contribution in [-0.4, -0.2) is 4.98 Å². The van der Waals surface area contributed by atoms with Gasteiger partial charge in [0.15, 0.2) is 0 Å². The number of benzene rings is 1. The maximum absolute atomic E-state index is 5.87. The van der Waals surface area contributed by atoms with Crippen molar-refractivity contribution in [2.75, 3.05) is 0 Å². The van der Waals surface area contributed by atoms with Crippen molar-refractivity contribution in [1.82, 2.24) is 4.98 Å². The van der Waals surface area contributed by atoms with Crippen LogP contribution in [0.15, 0.2) is 85.3 Å². The number of hydrogen-bond acceptors (Lipinski definition) is 1. The molecule has 0 aliphatic rings. The van der Waals surface area contributed by atoms with Gasteiger partial charge in [0, 0.05) is 16.8 Å². The predicted molar refractivity (Wildman–Crippen MR) is 112 cm³/mol. The average Bonchev–Trinajstić information content (AvgIpc) is 2.56. The SMILES string of the molecule is C=C.C=C(/C=C(\C)Cl)PC(=C)c1ccc(-c2ncccc2C)cc1. The third kappa shape index (κ3) is 5.92. The van der Waals surface area contributed by atoms with E-state index in [4.69, 9.17) is 11.6 Å². The molecule has 0 amide bonds. The summed E-state index contributed by atoms with van der Waals surface area (Å²) in [5.74, 6) is 0. The fourth-order valence-corrected chi connectivity index (χ4v) is 3.37. The third-order valence-electron chi connectivity index (χ3n) is 3.20. The zero-order valence-electron chi connectivity index (χ0n) is 14.3. The number of nitrogens with zero attached hydrogens (tertiary/aromatic N) is 1. The van der Waals surface area contributed by atoms with Crippen LogP contribution in [0.5, 0.6) is 0 Å². The molecule has 0 fully saturated rings. The third-order valence-corrected chi connectivity index (χ3v) is 4.37. The van der Waals surface area contributed by atoms with Gasteiger partial charge in [0.1, 0.15) is 0 Å². The number of hydrogen-bond donors (Lipinski definition) is 0. The second-order valence-electron chi connectivity index (χ2n) is 5.11. The van der Waals surface area contributed by atoms with E-state index in [1.54, 1.807) is 0 Å². The highest BCUT2D eigenvalue weighted by Gasteiger charge is 2.05. The molecule has 2 rings (SSSR count). The molecule has 24 heavy (non-hydrogen) atoms. The first-order valence-corrected chi connectivity index (χ1v) is 8.86.